The van der Waals surface area contributed by atoms with Gasteiger partial charge in [-0.15, -0.1) is 12.4 Å². The summed E-state index contributed by atoms with van der Waals surface area (Å²) in [6.45, 7) is 2.47. The van der Waals surface area contributed by atoms with Gasteiger partial charge in [-0.1, -0.05) is 17.7 Å². The van der Waals surface area contributed by atoms with Gasteiger partial charge in [-0.05, 0) is 37.6 Å². The van der Waals surface area contributed by atoms with Gasteiger partial charge in [0.25, 0.3) is 0 Å². The Bertz CT molecular complexity index is 356. The molecule has 0 spiro atoms. The molecule has 0 atom stereocenters. The third-order valence-corrected chi connectivity index (χ3v) is 2.33. The lowest BCUT2D eigenvalue weighted by Crippen LogP contribution is -2.13. The quantitative estimate of drug-likeness (QED) is 0.877. The highest BCUT2D eigenvalue weighted by molar-refractivity contribution is 6.33. The molecule has 0 unspecified atom stereocenters. The van der Waals surface area contributed by atoms with Crippen molar-refractivity contribution in [2.75, 3.05) is 11.9 Å². The van der Waals surface area contributed by atoms with Crippen LogP contribution in [0, 0.1) is 6.92 Å². The molecule has 0 aromatic heterocycles. The third kappa shape index (κ3) is 4.84. The highest BCUT2D eigenvalue weighted by atomic mass is 35.5. The van der Waals surface area contributed by atoms with E-state index >= 15 is 0 Å². The predicted molar refractivity (Wildman–Crippen MR) is 70.4 cm³/mol. The Hall–Kier alpha value is -0.770. The Morgan fingerprint density at radius 1 is 1.50 bits per heavy atom. The van der Waals surface area contributed by atoms with Crippen molar-refractivity contribution in [2.24, 2.45) is 5.73 Å². The fourth-order valence-electron chi connectivity index (χ4n) is 1.21. The summed E-state index contributed by atoms with van der Waals surface area (Å²) >= 11 is 5.93. The predicted octanol–water partition coefficient (Wildman–Crippen LogP) is 2.75. The normalized spacial score (nSPS) is 9.44. The van der Waals surface area contributed by atoms with Crippen LogP contribution in [0.3, 0.4) is 0 Å². The van der Waals surface area contributed by atoms with E-state index in [2.05, 4.69) is 5.32 Å². The molecule has 0 saturated heterocycles. The molecule has 90 valence electrons. The molecule has 0 aliphatic carbocycles. The molecule has 0 saturated carbocycles. The lowest BCUT2D eigenvalue weighted by Gasteiger charge is -2.07. The summed E-state index contributed by atoms with van der Waals surface area (Å²) in [5, 5.41) is 3.32. The first-order valence-corrected chi connectivity index (χ1v) is 5.27. The molecule has 16 heavy (non-hydrogen) atoms. The maximum atomic E-state index is 11.4. The van der Waals surface area contributed by atoms with E-state index in [1.165, 1.54) is 0 Å². The average molecular weight is 263 g/mol. The number of hydrogen-bond donors (Lipinski definition) is 2. The second-order valence-electron chi connectivity index (χ2n) is 3.42. The van der Waals surface area contributed by atoms with Crippen LogP contribution < -0.4 is 11.1 Å². The second-order valence-corrected chi connectivity index (χ2v) is 3.83. The molecule has 1 aromatic carbocycles. The van der Waals surface area contributed by atoms with Crippen molar-refractivity contribution >= 4 is 35.6 Å². The van der Waals surface area contributed by atoms with Crippen LogP contribution in [-0.4, -0.2) is 12.5 Å². The lowest BCUT2D eigenvalue weighted by atomic mass is 10.2. The summed E-state index contributed by atoms with van der Waals surface area (Å²) in [4.78, 5) is 11.4. The van der Waals surface area contributed by atoms with Gasteiger partial charge in [-0.25, -0.2) is 0 Å². The SMILES string of the molecule is Cc1ccc(Cl)c(NC(=O)CCCN)c1.Cl. The smallest absolute Gasteiger partial charge is 0.224 e. The third-order valence-electron chi connectivity index (χ3n) is 2.00. The Labute approximate surface area is 107 Å². The number of hydrogen-bond acceptors (Lipinski definition) is 2. The Morgan fingerprint density at radius 3 is 2.81 bits per heavy atom. The van der Waals surface area contributed by atoms with Gasteiger partial charge in [0.2, 0.25) is 5.91 Å². The minimum Gasteiger partial charge on any atom is -0.330 e. The number of nitrogens with two attached hydrogens (primary N) is 1. The number of halogens is 2. The van der Waals surface area contributed by atoms with Crippen LogP contribution in [-0.2, 0) is 4.79 Å². The van der Waals surface area contributed by atoms with Gasteiger partial charge in [-0.3, -0.25) is 4.79 Å². The summed E-state index contributed by atoms with van der Waals surface area (Å²) in [5.74, 6) is -0.0482. The Morgan fingerprint density at radius 2 is 2.19 bits per heavy atom. The first-order chi connectivity index (χ1) is 7.13. The van der Waals surface area contributed by atoms with Crippen molar-refractivity contribution in [3.8, 4) is 0 Å². The van der Waals surface area contributed by atoms with Gasteiger partial charge >= 0.3 is 0 Å². The molecule has 1 amide bonds. The van der Waals surface area contributed by atoms with Crippen LogP contribution in [0.1, 0.15) is 18.4 Å². The van der Waals surface area contributed by atoms with Crippen LogP contribution in [0.25, 0.3) is 0 Å². The average Bonchev–Trinajstić information content (AvgIpc) is 2.20. The first kappa shape index (κ1) is 15.2. The molecule has 3 nitrogen and oxygen atoms in total. The van der Waals surface area contributed by atoms with Crippen LogP contribution in [0.5, 0.6) is 0 Å². The summed E-state index contributed by atoms with van der Waals surface area (Å²) < 4.78 is 0. The second kappa shape index (κ2) is 7.49. The molecule has 5 heteroatoms. The summed E-state index contributed by atoms with van der Waals surface area (Å²) in [7, 11) is 0. The number of carbonyl (C=O) groups is 1. The van der Waals surface area contributed by atoms with E-state index in [9.17, 15) is 4.79 Å². The molecule has 1 aromatic rings. The van der Waals surface area contributed by atoms with Crippen molar-refractivity contribution in [3.63, 3.8) is 0 Å². The largest absolute Gasteiger partial charge is 0.330 e. The number of aryl methyl sites for hydroxylation is 1. The maximum absolute atomic E-state index is 11.4. The van der Waals surface area contributed by atoms with Gasteiger partial charge in [0.05, 0.1) is 10.7 Å². The maximum Gasteiger partial charge on any atom is 0.224 e. The number of amides is 1. The topological polar surface area (TPSA) is 55.1 Å². The number of nitrogens with one attached hydrogen (secondary N) is 1. The van der Waals surface area contributed by atoms with Crippen LogP contribution >= 0.6 is 24.0 Å². The molecule has 1 rings (SSSR count). The highest BCUT2D eigenvalue weighted by Crippen LogP contribution is 2.22. The van der Waals surface area contributed by atoms with E-state index < -0.39 is 0 Å². The number of rotatable bonds is 4. The zero-order chi connectivity index (χ0) is 11.3. The number of benzene rings is 1. The minimum atomic E-state index is -0.0482. The van der Waals surface area contributed by atoms with Crippen molar-refractivity contribution in [3.05, 3.63) is 28.8 Å². The lowest BCUT2D eigenvalue weighted by molar-refractivity contribution is -0.116. The van der Waals surface area contributed by atoms with Crippen molar-refractivity contribution in [1.29, 1.82) is 0 Å². The molecule has 0 radical (unpaired) electrons. The van der Waals surface area contributed by atoms with Gasteiger partial charge < -0.3 is 11.1 Å². The van der Waals surface area contributed by atoms with Crippen LogP contribution in [0.15, 0.2) is 18.2 Å². The molecule has 0 fully saturated rings. The van der Waals surface area contributed by atoms with Gasteiger partial charge in [0, 0.05) is 6.42 Å². The van der Waals surface area contributed by atoms with Gasteiger partial charge in [0.1, 0.15) is 0 Å². The molecular formula is C11H16Cl2N2O. The van der Waals surface area contributed by atoms with E-state index in [4.69, 9.17) is 17.3 Å². The van der Waals surface area contributed by atoms with E-state index in [0.29, 0.717) is 30.1 Å². The molecule has 3 N–H and O–H groups in total. The Kier molecular flexibility index (Phi) is 7.13. The van der Waals surface area contributed by atoms with E-state index in [0.717, 1.165) is 5.56 Å². The summed E-state index contributed by atoms with van der Waals surface area (Å²) in [6, 6.07) is 5.52. The zero-order valence-corrected chi connectivity index (χ0v) is 10.7. The number of anilines is 1. The zero-order valence-electron chi connectivity index (χ0n) is 9.13. The number of carbonyl (C=O) groups excluding carboxylic acids is 1. The Balaban J connectivity index is 0.00000225. The minimum absolute atomic E-state index is 0. The molecule has 0 heterocycles. The van der Waals surface area contributed by atoms with Gasteiger partial charge in [-0.2, -0.15) is 0 Å². The molecule has 0 aliphatic rings. The fraction of sp³-hybridized carbons (Fsp3) is 0.364. The molecule has 0 aliphatic heterocycles. The van der Waals surface area contributed by atoms with Crippen LogP contribution in [0.2, 0.25) is 5.02 Å². The van der Waals surface area contributed by atoms with Crippen molar-refractivity contribution in [2.45, 2.75) is 19.8 Å². The van der Waals surface area contributed by atoms with Crippen molar-refractivity contribution < 1.29 is 4.79 Å². The van der Waals surface area contributed by atoms with Crippen LogP contribution in [0.4, 0.5) is 5.69 Å². The van der Waals surface area contributed by atoms with E-state index in [-0.39, 0.29) is 18.3 Å². The van der Waals surface area contributed by atoms with Gasteiger partial charge in [0.15, 0.2) is 0 Å². The van der Waals surface area contributed by atoms with Crippen molar-refractivity contribution in [1.82, 2.24) is 0 Å². The fourth-order valence-corrected chi connectivity index (χ4v) is 1.38. The molecule has 0 bridgehead atoms. The highest BCUT2D eigenvalue weighted by Gasteiger charge is 2.05. The summed E-state index contributed by atoms with van der Waals surface area (Å²) in [6.07, 6.45) is 1.12. The van der Waals surface area contributed by atoms with E-state index in [1.807, 2.05) is 19.1 Å². The standard InChI is InChI=1S/C11H15ClN2O.ClH/c1-8-4-5-9(12)10(7-8)14-11(15)3-2-6-13;/h4-5,7H,2-3,6,13H2,1H3,(H,14,15);1H. The summed E-state index contributed by atoms with van der Waals surface area (Å²) in [5.41, 5.74) is 7.05. The monoisotopic (exact) mass is 262 g/mol. The first-order valence-electron chi connectivity index (χ1n) is 4.89. The van der Waals surface area contributed by atoms with E-state index in [1.54, 1.807) is 6.07 Å². The molecular weight excluding hydrogens is 247 g/mol.